The molecule has 4 fully saturated rings. The second-order valence-electron chi connectivity index (χ2n) is 23.4. The first-order chi connectivity index (χ1) is 32.8. The summed E-state index contributed by atoms with van der Waals surface area (Å²) in [6, 6.07) is 0. The highest BCUT2D eigenvalue weighted by Crippen LogP contribution is 2.54. The normalized spacial score (nSPS) is 38.2. The zero-order chi connectivity index (χ0) is 50.7. The fourth-order valence-corrected chi connectivity index (χ4v) is 13.2. The summed E-state index contributed by atoms with van der Waals surface area (Å²) in [5, 5.41) is 34.9. The fraction of sp³-hybridized carbons (Fsp3) is 0.931. The number of aliphatic hydroxyl groups excluding tert-OH is 2. The number of carbonyl (C=O) groups excluding carboxylic acids is 2. The molecule has 11 heteroatoms. The number of carbonyl (C=O) groups is 2. The second-order valence-corrected chi connectivity index (χ2v) is 23.4. The molecule has 0 aliphatic carbocycles. The third kappa shape index (κ3) is 13.7. The van der Waals surface area contributed by atoms with Crippen molar-refractivity contribution in [2.45, 2.75) is 290 Å². The summed E-state index contributed by atoms with van der Waals surface area (Å²) in [5.41, 5.74) is -1.63. The van der Waals surface area contributed by atoms with Gasteiger partial charge in [0.1, 0.15) is 11.9 Å². The minimum absolute atomic E-state index is 0.0259. The number of nitrogens with zero attached hydrogens (tertiary/aromatic N) is 1. The molecule has 2 spiro atoms. The number of ketones is 1. The zero-order valence-electron chi connectivity index (χ0n) is 45.9. The van der Waals surface area contributed by atoms with Crippen LogP contribution in [0, 0.1) is 41.4 Å². The lowest BCUT2D eigenvalue weighted by molar-refractivity contribution is -0.409. The lowest BCUT2D eigenvalue weighted by Gasteiger charge is -2.54. The van der Waals surface area contributed by atoms with Crippen molar-refractivity contribution in [2.24, 2.45) is 41.4 Å². The van der Waals surface area contributed by atoms with Gasteiger partial charge in [-0.3, -0.25) is 9.59 Å². The maximum absolute atomic E-state index is 14.9. The van der Waals surface area contributed by atoms with Gasteiger partial charge in [0, 0.05) is 43.2 Å². The third-order valence-electron chi connectivity index (χ3n) is 18.3. The van der Waals surface area contributed by atoms with Gasteiger partial charge in [-0.25, -0.2) is 0 Å². The molecule has 0 aromatic rings. The molecule has 18 atom stereocenters. The lowest BCUT2D eigenvalue weighted by atomic mass is 9.72. The number of hydrogen-bond acceptors (Lipinski definition) is 10. The molecule has 5 aliphatic heterocycles. The van der Waals surface area contributed by atoms with Gasteiger partial charge in [0.15, 0.2) is 5.79 Å². The first-order valence-electron chi connectivity index (χ1n) is 28.8. The van der Waals surface area contributed by atoms with Crippen LogP contribution in [0.4, 0.5) is 0 Å². The second kappa shape index (κ2) is 26.2. The molecule has 1 amide bonds. The summed E-state index contributed by atoms with van der Waals surface area (Å²) in [5.74, 6) is -4.08. The molecular formula is C58H103NO10. The Hall–Kier alpha value is -1.44. The van der Waals surface area contributed by atoms with Gasteiger partial charge in [-0.1, -0.05) is 133 Å². The number of aliphatic hydroxyl groups is 3. The van der Waals surface area contributed by atoms with Gasteiger partial charge in [-0.15, -0.1) is 0 Å². The molecule has 0 radical (unpaired) electrons. The average molecular weight is 974 g/mol. The van der Waals surface area contributed by atoms with Crippen molar-refractivity contribution < 1.29 is 48.6 Å². The van der Waals surface area contributed by atoms with E-state index in [1.165, 1.54) is 51.4 Å². The van der Waals surface area contributed by atoms with Crippen molar-refractivity contribution in [2.75, 3.05) is 13.1 Å². The Kier molecular flexibility index (Phi) is 22.2. The van der Waals surface area contributed by atoms with Crippen LogP contribution >= 0.6 is 0 Å². The molecule has 0 aromatic carbocycles. The Morgan fingerprint density at radius 1 is 0.739 bits per heavy atom. The Bertz CT molecular complexity index is 1590. The van der Waals surface area contributed by atoms with Gasteiger partial charge in [0.25, 0.3) is 0 Å². The van der Waals surface area contributed by atoms with Crippen molar-refractivity contribution in [1.82, 2.24) is 4.90 Å². The third-order valence-corrected chi connectivity index (χ3v) is 18.3. The summed E-state index contributed by atoms with van der Waals surface area (Å²) in [7, 11) is 0. The Morgan fingerprint density at radius 3 is 1.93 bits per heavy atom. The first kappa shape index (κ1) is 58.4. The smallest absolute Gasteiger partial charge is 0.228 e. The summed E-state index contributed by atoms with van der Waals surface area (Å²) in [4.78, 5) is 31.5. The molecular weight excluding hydrogens is 871 g/mol. The van der Waals surface area contributed by atoms with Gasteiger partial charge in [-0.2, -0.15) is 0 Å². The first-order valence-corrected chi connectivity index (χ1v) is 28.8. The number of hydrogen-bond donors (Lipinski definition) is 3. The van der Waals surface area contributed by atoms with Crippen molar-refractivity contribution in [3.63, 3.8) is 0 Å². The lowest BCUT2D eigenvalue weighted by Crippen LogP contribution is -2.63. The Morgan fingerprint density at radius 2 is 1.35 bits per heavy atom. The Labute approximate surface area is 420 Å². The van der Waals surface area contributed by atoms with Crippen LogP contribution in [-0.4, -0.2) is 111 Å². The monoisotopic (exact) mass is 974 g/mol. The van der Waals surface area contributed by atoms with Crippen LogP contribution in [0.1, 0.15) is 224 Å². The van der Waals surface area contributed by atoms with E-state index in [-0.39, 0.29) is 65.7 Å². The van der Waals surface area contributed by atoms with E-state index < -0.39 is 52.9 Å². The number of Topliss-reactive ketones (excluding diaryl/α,β-unsaturated/α-hetero) is 1. The van der Waals surface area contributed by atoms with E-state index in [1.54, 1.807) is 6.08 Å². The van der Waals surface area contributed by atoms with Gasteiger partial charge < -0.3 is 43.9 Å². The van der Waals surface area contributed by atoms with Crippen molar-refractivity contribution in [3.05, 3.63) is 12.2 Å². The number of rotatable bonds is 26. The van der Waals surface area contributed by atoms with Gasteiger partial charge >= 0.3 is 0 Å². The summed E-state index contributed by atoms with van der Waals surface area (Å²) in [6.45, 7) is 26.5. The molecule has 0 unspecified atom stereocenters. The van der Waals surface area contributed by atoms with E-state index >= 15 is 0 Å². The van der Waals surface area contributed by atoms with Crippen molar-refractivity contribution >= 4 is 11.7 Å². The highest BCUT2D eigenvalue weighted by atomic mass is 16.8. The molecule has 0 saturated carbocycles. The summed E-state index contributed by atoms with van der Waals surface area (Å²) in [6.07, 6.45) is 20.8. The quantitative estimate of drug-likeness (QED) is 0.0566. The average Bonchev–Trinajstić information content (AvgIpc) is 3.68. The van der Waals surface area contributed by atoms with Crippen LogP contribution < -0.4 is 0 Å². The highest BCUT2D eigenvalue weighted by Gasteiger charge is 2.63. The van der Waals surface area contributed by atoms with Crippen LogP contribution in [-0.2, 0) is 33.3 Å². The van der Waals surface area contributed by atoms with Crippen LogP contribution in [0.2, 0.25) is 0 Å². The van der Waals surface area contributed by atoms with Gasteiger partial charge in [0.2, 0.25) is 11.7 Å². The Balaban J connectivity index is 1.25. The van der Waals surface area contributed by atoms with E-state index in [1.807, 2.05) is 47.6 Å². The maximum Gasteiger partial charge on any atom is 0.228 e. The molecule has 0 bridgehead atoms. The zero-order valence-corrected chi connectivity index (χ0v) is 45.9. The molecule has 5 aliphatic rings. The molecule has 4 saturated heterocycles. The number of amides is 1. The van der Waals surface area contributed by atoms with Crippen LogP contribution in [0.15, 0.2) is 12.2 Å². The fourth-order valence-electron chi connectivity index (χ4n) is 13.2. The van der Waals surface area contributed by atoms with Crippen LogP contribution in [0.3, 0.4) is 0 Å². The molecule has 3 N–H and O–H groups in total. The largest absolute Gasteiger partial charge is 0.392 e. The number of unbranched alkanes of at least 4 members (excludes halogenated alkanes) is 10. The van der Waals surface area contributed by atoms with E-state index in [4.69, 9.17) is 23.7 Å². The van der Waals surface area contributed by atoms with Gasteiger partial charge in [0.05, 0.1) is 53.7 Å². The molecule has 11 nitrogen and oxygen atoms in total. The maximum atomic E-state index is 14.9. The highest BCUT2D eigenvalue weighted by molar-refractivity contribution is 5.84. The predicted octanol–water partition coefficient (Wildman–Crippen LogP) is 11.7. The molecule has 5 heterocycles. The van der Waals surface area contributed by atoms with Crippen LogP contribution in [0.25, 0.3) is 0 Å². The van der Waals surface area contributed by atoms with Crippen molar-refractivity contribution in [1.29, 1.82) is 0 Å². The minimum Gasteiger partial charge on any atom is -0.392 e. The number of ether oxygens (including phenoxy) is 5. The van der Waals surface area contributed by atoms with E-state index in [0.717, 1.165) is 58.0 Å². The predicted molar refractivity (Wildman–Crippen MR) is 274 cm³/mol. The summed E-state index contributed by atoms with van der Waals surface area (Å²) >= 11 is 0. The SMILES string of the molecule is CCCCCCCCN(CCCCCCCC)C(=O)[C@H](CC)[C@H]1CC[C@H](C)[C@H]([C@@H](C)[C@H](O)[C@H](C)C(=O)[C@H](CC)[C@H]2O[C@]3(C=C[C@@H](O)[C@]4(CC[C@@](C)([C@H]5CC[C@](O)(CC)[C@H](C)O5)O4)O3)[C@H](C)C[C@@H]2C)O1. The molecule has 0 aromatic heterocycles. The molecule has 69 heavy (non-hydrogen) atoms. The summed E-state index contributed by atoms with van der Waals surface area (Å²) < 4.78 is 34.4. The van der Waals surface area contributed by atoms with E-state index in [2.05, 4.69) is 46.4 Å². The van der Waals surface area contributed by atoms with E-state index in [9.17, 15) is 24.9 Å². The van der Waals surface area contributed by atoms with Crippen molar-refractivity contribution in [3.8, 4) is 0 Å². The van der Waals surface area contributed by atoms with Crippen LogP contribution in [0.5, 0.6) is 0 Å². The topological polar surface area (TPSA) is 144 Å². The van der Waals surface area contributed by atoms with Gasteiger partial charge in [-0.05, 0) is 108 Å². The standard InChI is InChI=1S/C58H103NO10/c1-13-18-20-22-24-26-36-59(37-27-25-23-21-19-14-2)54(63)45(15-3)47-29-28-39(6)52(66-47)43(10)50(61)42(9)51(62)46(16-4)53-40(7)38-41(8)57(67-53)33-30-48(60)58(69-57)35-34-55(12,68-58)49-31-32-56(64,17-5)44(11)65-49/h30,33,39-50,52-53,60-61,64H,13-29,31-32,34-38H2,1-12H3/t39-,40-,41+,42-,43-,44-,45+,46-,47+,48+,49+,50+,52+,53-,55-,56+,57-,58-/m0/s1. The minimum atomic E-state index is -1.37. The van der Waals surface area contributed by atoms with E-state index in [0.29, 0.717) is 44.9 Å². The molecule has 5 rings (SSSR count). The molecule has 400 valence electrons.